The zero-order valence-electron chi connectivity index (χ0n) is 11.5. The summed E-state index contributed by atoms with van der Waals surface area (Å²) in [5, 5.41) is 5.69. The highest BCUT2D eigenvalue weighted by Crippen LogP contribution is 2.28. The number of nitrogens with one attached hydrogen (secondary N) is 1. The molecule has 3 aromatic heterocycles. The van der Waals surface area contributed by atoms with Gasteiger partial charge in [0.15, 0.2) is 0 Å². The first-order chi connectivity index (χ1) is 9.75. The van der Waals surface area contributed by atoms with Crippen LogP contribution in [-0.2, 0) is 7.05 Å². The van der Waals surface area contributed by atoms with Crippen LogP contribution < -0.4 is 5.32 Å². The summed E-state index contributed by atoms with van der Waals surface area (Å²) in [6.07, 6.45) is 5.50. The number of aromatic nitrogens is 2. The fraction of sp³-hybridized carbons (Fsp3) is 0.267. The summed E-state index contributed by atoms with van der Waals surface area (Å²) < 4.78 is 7.52. The van der Waals surface area contributed by atoms with Crippen LogP contribution in [0.5, 0.6) is 0 Å². The van der Waals surface area contributed by atoms with Gasteiger partial charge in [-0.3, -0.25) is 5.32 Å². The first-order valence-electron chi connectivity index (χ1n) is 6.56. The number of rotatable bonds is 5. The van der Waals surface area contributed by atoms with Crippen LogP contribution in [0.15, 0.2) is 52.7 Å². The molecule has 0 saturated carbocycles. The van der Waals surface area contributed by atoms with Crippen molar-refractivity contribution < 1.29 is 4.42 Å². The standard InChI is InChI=1S/C15H17N3OS/c1-11(12-5-3-9-19-12)17-14(13-6-4-10-20-13)15-16-7-8-18(15)2/h3-11,14,17H,1-2H3. The van der Waals surface area contributed by atoms with Gasteiger partial charge in [-0.25, -0.2) is 4.98 Å². The smallest absolute Gasteiger partial charge is 0.131 e. The Hall–Kier alpha value is -1.85. The van der Waals surface area contributed by atoms with Gasteiger partial charge >= 0.3 is 0 Å². The van der Waals surface area contributed by atoms with E-state index in [1.165, 1.54) is 4.88 Å². The summed E-state index contributed by atoms with van der Waals surface area (Å²) >= 11 is 1.73. The van der Waals surface area contributed by atoms with Crippen molar-refractivity contribution in [2.75, 3.05) is 0 Å². The molecule has 0 radical (unpaired) electrons. The lowest BCUT2D eigenvalue weighted by molar-refractivity contribution is 0.405. The summed E-state index contributed by atoms with van der Waals surface area (Å²) in [4.78, 5) is 5.73. The largest absolute Gasteiger partial charge is 0.468 e. The molecule has 4 nitrogen and oxygen atoms in total. The highest BCUT2D eigenvalue weighted by atomic mass is 32.1. The Morgan fingerprint density at radius 1 is 1.35 bits per heavy atom. The molecule has 3 aromatic rings. The monoisotopic (exact) mass is 287 g/mol. The van der Waals surface area contributed by atoms with Crippen molar-refractivity contribution in [2.24, 2.45) is 7.05 Å². The summed E-state index contributed by atoms with van der Waals surface area (Å²) in [5.41, 5.74) is 0. The number of nitrogens with zero attached hydrogens (tertiary/aromatic N) is 2. The maximum atomic E-state index is 5.47. The lowest BCUT2D eigenvalue weighted by Crippen LogP contribution is -2.27. The van der Waals surface area contributed by atoms with Crippen LogP contribution in [0.1, 0.15) is 35.5 Å². The molecule has 0 bridgehead atoms. The second kappa shape index (κ2) is 5.64. The second-order valence-corrected chi connectivity index (χ2v) is 5.73. The lowest BCUT2D eigenvalue weighted by Gasteiger charge is -2.21. The molecular formula is C15H17N3OS. The average molecular weight is 287 g/mol. The van der Waals surface area contributed by atoms with Gasteiger partial charge < -0.3 is 8.98 Å². The van der Waals surface area contributed by atoms with E-state index in [1.807, 2.05) is 36.1 Å². The van der Waals surface area contributed by atoms with E-state index in [2.05, 4.69) is 34.7 Å². The Bertz CT molecular complexity index is 643. The van der Waals surface area contributed by atoms with Crippen molar-refractivity contribution in [3.8, 4) is 0 Å². The number of imidazole rings is 1. The molecule has 1 N–H and O–H groups in total. The molecule has 0 amide bonds. The van der Waals surface area contributed by atoms with Crippen LogP contribution in [0.3, 0.4) is 0 Å². The van der Waals surface area contributed by atoms with Crippen molar-refractivity contribution in [3.05, 3.63) is 64.8 Å². The van der Waals surface area contributed by atoms with Crippen LogP contribution in [0, 0.1) is 0 Å². The normalized spacial score (nSPS) is 14.3. The third kappa shape index (κ3) is 2.55. The molecule has 0 aliphatic rings. The van der Waals surface area contributed by atoms with Crippen molar-refractivity contribution in [1.29, 1.82) is 0 Å². The van der Waals surface area contributed by atoms with Gasteiger partial charge in [0.2, 0.25) is 0 Å². The van der Waals surface area contributed by atoms with Crippen molar-refractivity contribution in [3.63, 3.8) is 0 Å². The van der Waals surface area contributed by atoms with E-state index >= 15 is 0 Å². The quantitative estimate of drug-likeness (QED) is 0.781. The highest BCUT2D eigenvalue weighted by Gasteiger charge is 2.22. The SMILES string of the molecule is CC(NC(c1cccs1)c1nccn1C)c1ccco1. The molecule has 0 fully saturated rings. The first kappa shape index (κ1) is 13.1. The van der Waals surface area contributed by atoms with Crippen molar-refractivity contribution in [2.45, 2.75) is 19.0 Å². The molecule has 2 unspecified atom stereocenters. The molecule has 0 aromatic carbocycles. The van der Waals surface area contributed by atoms with E-state index in [0.717, 1.165) is 11.6 Å². The van der Waals surface area contributed by atoms with E-state index in [-0.39, 0.29) is 12.1 Å². The van der Waals surface area contributed by atoms with E-state index in [1.54, 1.807) is 17.6 Å². The van der Waals surface area contributed by atoms with Gasteiger partial charge in [0.25, 0.3) is 0 Å². The van der Waals surface area contributed by atoms with Gasteiger partial charge in [0.1, 0.15) is 17.6 Å². The fourth-order valence-electron chi connectivity index (χ4n) is 2.26. The molecule has 0 spiro atoms. The fourth-order valence-corrected chi connectivity index (χ4v) is 3.05. The van der Waals surface area contributed by atoms with Crippen LogP contribution in [0.25, 0.3) is 0 Å². The maximum absolute atomic E-state index is 5.47. The maximum Gasteiger partial charge on any atom is 0.131 e. The van der Waals surface area contributed by atoms with Crippen LogP contribution in [0.2, 0.25) is 0 Å². The summed E-state index contributed by atoms with van der Waals surface area (Å²) in [6, 6.07) is 8.28. The van der Waals surface area contributed by atoms with Crippen LogP contribution in [-0.4, -0.2) is 9.55 Å². The summed E-state index contributed by atoms with van der Waals surface area (Å²) in [6.45, 7) is 2.10. The molecule has 104 valence electrons. The van der Waals surface area contributed by atoms with Gasteiger partial charge in [-0.1, -0.05) is 6.07 Å². The van der Waals surface area contributed by atoms with Gasteiger partial charge in [-0.05, 0) is 30.5 Å². The summed E-state index contributed by atoms with van der Waals surface area (Å²) in [7, 11) is 2.02. The Morgan fingerprint density at radius 3 is 2.85 bits per heavy atom. The second-order valence-electron chi connectivity index (χ2n) is 4.75. The molecule has 0 aliphatic carbocycles. The minimum Gasteiger partial charge on any atom is -0.468 e. The Balaban J connectivity index is 1.89. The number of furan rings is 1. The molecule has 20 heavy (non-hydrogen) atoms. The molecule has 3 rings (SSSR count). The predicted molar refractivity (Wildman–Crippen MR) is 79.6 cm³/mol. The third-order valence-electron chi connectivity index (χ3n) is 3.33. The van der Waals surface area contributed by atoms with E-state index < -0.39 is 0 Å². The zero-order chi connectivity index (χ0) is 13.9. The van der Waals surface area contributed by atoms with Gasteiger partial charge in [0, 0.05) is 24.3 Å². The Morgan fingerprint density at radius 2 is 2.25 bits per heavy atom. The molecule has 2 atom stereocenters. The zero-order valence-corrected chi connectivity index (χ0v) is 12.3. The third-order valence-corrected chi connectivity index (χ3v) is 4.27. The topological polar surface area (TPSA) is 43.0 Å². The average Bonchev–Trinajstić information content (AvgIpc) is 3.18. The lowest BCUT2D eigenvalue weighted by atomic mass is 10.1. The highest BCUT2D eigenvalue weighted by molar-refractivity contribution is 7.10. The van der Waals surface area contributed by atoms with Crippen LogP contribution in [0.4, 0.5) is 0 Å². The predicted octanol–water partition coefficient (Wildman–Crippen LogP) is 3.51. The molecular weight excluding hydrogens is 270 g/mol. The molecule has 5 heteroatoms. The van der Waals surface area contributed by atoms with E-state index in [9.17, 15) is 0 Å². The molecule has 3 heterocycles. The van der Waals surface area contributed by atoms with Crippen molar-refractivity contribution >= 4 is 11.3 Å². The minimum absolute atomic E-state index is 0.0649. The van der Waals surface area contributed by atoms with E-state index in [0.29, 0.717) is 0 Å². The number of aryl methyl sites for hydroxylation is 1. The number of thiophene rings is 1. The molecule has 0 aliphatic heterocycles. The Kier molecular flexibility index (Phi) is 3.71. The van der Waals surface area contributed by atoms with Gasteiger partial charge in [0.05, 0.1) is 12.3 Å². The van der Waals surface area contributed by atoms with Gasteiger partial charge in [-0.15, -0.1) is 11.3 Å². The minimum atomic E-state index is 0.0649. The van der Waals surface area contributed by atoms with E-state index in [4.69, 9.17) is 4.42 Å². The summed E-state index contributed by atoms with van der Waals surface area (Å²) in [5.74, 6) is 1.94. The number of hydrogen-bond acceptors (Lipinski definition) is 4. The Labute approximate surface area is 122 Å². The van der Waals surface area contributed by atoms with Crippen molar-refractivity contribution in [1.82, 2.24) is 14.9 Å². The number of hydrogen-bond donors (Lipinski definition) is 1. The van der Waals surface area contributed by atoms with Crippen LogP contribution >= 0.6 is 11.3 Å². The van der Waals surface area contributed by atoms with Gasteiger partial charge in [-0.2, -0.15) is 0 Å². The molecule has 0 saturated heterocycles. The first-order valence-corrected chi connectivity index (χ1v) is 7.43.